The number of rotatable bonds is 4. The zero-order valence-corrected chi connectivity index (χ0v) is 13.2. The van der Waals surface area contributed by atoms with Crippen LogP contribution in [0.4, 0.5) is 5.69 Å². The molecule has 9 heteroatoms. The normalized spacial score (nSPS) is 11.5. The summed E-state index contributed by atoms with van der Waals surface area (Å²) in [6, 6.07) is 8.18. The number of halogens is 2. The van der Waals surface area contributed by atoms with E-state index in [0.29, 0.717) is 11.3 Å². The number of nitrogens with zero attached hydrogens (tertiary/aromatic N) is 2. The van der Waals surface area contributed by atoms with Crippen LogP contribution in [0.15, 0.2) is 24.3 Å². The lowest BCUT2D eigenvalue weighted by molar-refractivity contribution is -0.118. The maximum atomic E-state index is 12.2. The van der Waals surface area contributed by atoms with E-state index < -0.39 is 17.7 Å². The van der Waals surface area contributed by atoms with Gasteiger partial charge in [-0.05, 0) is 17.6 Å². The summed E-state index contributed by atoms with van der Waals surface area (Å²) in [4.78, 5) is 23.7. The summed E-state index contributed by atoms with van der Waals surface area (Å²) in [6.07, 6.45) is 0. The minimum absolute atomic E-state index is 0.0390. The van der Waals surface area contributed by atoms with E-state index in [1.165, 1.54) is 6.07 Å². The predicted octanol–water partition coefficient (Wildman–Crippen LogP) is 2.79. The van der Waals surface area contributed by atoms with Crippen LogP contribution in [0.1, 0.15) is 21.2 Å². The van der Waals surface area contributed by atoms with Gasteiger partial charge in [0, 0.05) is 11.3 Å². The highest BCUT2D eigenvalue weighted by Crippen LogP contribution is 2.30. The molecule has 0 spiro atoms. The molecule has 0 aliphatic rings. The van der Waals surface area contributed by atoms with Crippen LogP contribution < -0.4 is 11.1 Å². The van der Waals surface area contributed by atoms with Gasteiger partial charge >= 0.3 is 0 Å². The van der Waals surface area contributed by atoms with Gasteiger partial charge in [0.25, 0.3) is 5.91 Å². The molecular formula is C13H8Cl2N4O2S. The Bertz CT molecular complexity index is 785. The van der Waals surface area contributed by atoms with E-state index in [-0.39, 0.29) is 15.1 Å². The van der Waals surface area contributed by atoms with Crippen LogP contribution >= 0.6 is 34.7 Å². The highest BCUT2D eigenvalue weighted by Gasteiger charge is 2.23. The van der Waals surface area contributed by atoms with Gasteiger partial charge in [0.2, 0.25) is 5.91 Å². The Morgan fingerprint density at radius 1 is 1.36 bits per heavy atom. The molecule has 3 N–H and O–H groups in total. The standard InChI is InChI=1S/C13H8Cl2N4O2S/c14-9-10(22-19-11(9)15)13(21)18-8-4-2-1-3-6(8)7(5-16)12(17)20/h1-4,7H,(H2,17,20)(H,18,21). The molecule has 1 atom stereocenters. The monoisotopic (exact) mass is 354 g/mol. The van der Waals surface area contributed by atoms with Crippen molar-refractivity contribution >= 4 is 52.2 Å². The molecule has 2 rings (SSSR count). The molecule has 1 heterocycles. The minimum Gasteiger partial charge on any atom is -0.368 e. The van der Waals surface area contributed by atoms with Crippen LogP contribution in [-0.4, -0.2) is 16.2 Å². The van der Waals surface area contributed by atoms with Crippen molar-refractivity contribution in [2.24, 2.45) is 5.73 Å². The van der Waals surface area contributed by atoms with Crippen molar-refractivity contribution in [1.29, 1.82) is 5.26 Å². The quantitative estimate of drug-likeness (QED) is 0.879. The van der Waals surface area contributed by atoms with Crippen molar-refractivity contribution in [3.05, 3.63) is 44.9 Å². The fourth-order valence-corrected chi connectivity index (χ4v) is 2.84. The van der Waals surface area contributed by atoms with Gasteiger partial charge in [-0.25, -0.2) is 0 Å². The van der Waals surface area contributed by atoms with Gasteiger partial charge in [-0.15, -0.1) is 0 Å². The largest absolute Gasteiger partial charge is 0.368 e. The minimum atomic E-state index is -1.17. The first-order valence-corrected chi connectivity index (χ1v) is 7.38. The molecule has 1 aromatic heterocycles. The predicted molar refractivity (Wildman–Crippen MR) is 84.1 cm³/mol. The molecule has 6 nitrogen and oxygen atoms in total. The number of nitrogens with one attached hydrogen (secondary N) is 1. The van der Waals surface area contributed by atoms with E-state index in [9.17, 15) is 9.59 Å². The van der Waals surface area contributed by atoms with E-state index >= 15 is 0 Å². The summed E-state index contributed by atoms with van der Waals surface area (Å²) in [5.41, 5.74) is 5.79. The smallest absolute Gasteiger partial charge is 0.268 e. The zero-order valence-electron chi connectivity index (χ0n) is 10.8. The Balaban J connectivity index is 2.35. The lowest BCUT2D eigenvalue weighted by Crippen LogP contribution is -2.22. The van der Waals surface area contributed by atoms with Crippen molar-refractivity contribution in [3.8, 4) is 6.07 Å². The van der Waals surface area contributed by atoms with Crippen molar-refractivity contribution in [1.82, 2.24) is 4.37 Å². The summed E-state index contributed by atoms with van der Waals surface area (Å²) >= 11 is 12.4. The molecule has 1 unspecified atom stereocenters. The first kappa shape index (κ1) is 16.2. The number of nitrogens with two attached hydrogens (primary N) is 1. The molecular weight excluding hydrogens is 347 g/mol. The topological polar surface area (TPSA) is 109 Å². The van der Waals surface area contributed by atoms with Crippen LogP contribution in [0.3, 0.4) is 0 Å². The van der Waals surface area contributed by atoms with Crippen molar-refractivity contribution in [2.45, 2.75) is 5.92 Å². The molecule has 0 radical (unpaired) electrons. The van der Waals surface area contributed by atoms with Crippen molar-refractivity contribution in [2.75, 3.05) is 5.32 Å². The third kappa shape index (κ3) is 3.20. The van der Waals surface area contributed by atoms with Gasteiger partial charge in [-0.3, -0.25) is 9.59 Å². The molecule has 112 valence electrons. The number of aromatic nitrogens is 1. The average molecular weight is 355 g/mol. The van der Waals surface area contributed by atoms with Crippen molar-refractivity contribution < 1.29 is 9.59 Å². The maximum Gasteiger partial charge on any atom is 0.268 e. The van der Waals surface area contributed by atoms with Crippen LogP contribution in [0.5, 0.6) is 0 Å². The number of hydrogen-bond acceptors (Lipinski definition) is 5. The molecule has 22 heavy (non-hydrogen) atoms. The Morgan fingerprint density at radius 2 is 2.05 bits per heavy atom. The highest BCUT2D eigenvalue weighted by atomic mass is 35.5. The van der Waals surface area contributed by atoms with Crippen LogP contribution in [0.25, 0.3) is 0 Å². The number of amides is 2. The molecule has 0 bridgehead atoms. The third-order valence-corrected chi connectivity index (χ3v) is 4.53. The summed E-state index contributed by atoms with van der Waals surface area (Å²) in [5, 5.41) is 11.7. The van der Waals surface area contributed by atoms with Gasteiger partial charge in [0.05, 0.1) is 6.07 Å². The number of benzene rings is 1. The number of primary amides is 1. The van der Waals surface area contributed by atoms with E-state index in [0.717, 1.165) is 11.5 Å². The van der Waals surface area contributed by atoms with Gasteiger partial charge in [0.15, 0.2) is 11.1 Å². The third-order valence-electron chi connectivity index (χ3n) is 2.74. The number of carbonyl (C=O) groups is 2. The summed E-state index contributed by atoms with van der Waals surface area (Å²) in [6.45, 7) is 0. The second-order valence-corrected chi connectivity index (χ2v) is 5.63. The Labute approximate surface area is 139 Å². The van der Waals surface area contributed by atoms with E-state index in [4.69, 9.17) is 34.2 Å². The molecule has 0 saturated carbocycles. The lowest BCUT2D eigenvalue weighted by Gasteiger charge is -2.12. The van der Waals surface area contributed by atoms with Crippen LogP contribution in [0.2, 0.25) is 10.2 Å². The molecule has 0 saturated heterocycles. The number of carbonyl (C=O) groups excluding carboxylic acids is 2. The SMILES string of the molecule is N#CC(C(N)=O)c1ccccc1NC(=O)c1snc(Cl)c1Cl. The molecule has 0 aliphatic carbocycles. The summed E-state index contributed by atoms with van der Waals surface area (Å²) in [7, 11) is 0. The summed E-state index contributed by atoms with van der Waals surface area (Å²) < 4.78 is 3.77. The van der Waals surface area contributed by atoms with E-state index in [1.54, 1.807) is 24.3 Å². The van der Waals surface area contributed by atoms with Crippen molar-refractivity contribution in [3.63, 3.8) is 0 Å². The zero-order chi connectivity index (χ0) is 16.3. The first-order valence-electron chi connectivity index (χ1n) is 5.85. The van der Waals surface area contributed by atoms with Gasteiger partial charge in [-0.2, -0.15) is 9.64 Å². The maximum absolute atomic E-state index is 12.2. The molecule has 0 aliphatic heterocycles. The van der Waals surface area contributed by atoms with Gasteiger partial charge < -0.3 is 11.1 Å². The number of nitriles is 1. The average Bonchev–Trinajstić information content (AvgIpc) is 2.81. The molecule has 2 aromatic rings. The second-order valence-electron chi connectivity index (χ2n) is 4.12. The van der Waals surface area contributed by atoms with E-state index in [2.05, 4.69) is 9.69 Å². The second kappa shape index (κ2) is 6.75. The van der Waals surface area contributed by atoms with Crippen LogP contribution in [-0.2, 0) is 4.79 Å². The van der Waals surface area contributed by atoms with Gasteiger partial charge in [0.1, 0.15) is 9.90 Å². The fraction of sp³-hybridized carbons (Fsp3) is 0.0769. The molecule has 2 amide bonds. The van der Waals surface area contributed by atoms with Gasteiger partial charge in [-0.1, -0.05) is 41.4 Å². The molecule has 0 fully saturated rings. The fourth-order valence-electron chi connectivity index (χ4n) is 1.73. The number of hydrogen-bond donors (Lipinski definition) is 2. The highest BCUT2D eigenvalue weighted by molar-refractivity contribution is 7.09. The van der Waals surface area contributed by atoms with E-state index in [1.807, 2.05) is 0 Å². The Hall–Kier alpha value is -2.14. The number of para-hydroxylation sites is 1. The van der Waals surface area contributed by atoms with Crippen LogP contribution in [0, 0.1) is 11.3 Å². The Kier molecular flexibility index (Phi) is 4.98. The summed E-state index contributed by atoms with van der Waals surface area (Å²) in [5.74, 6) is -2.51. The molecule has 1 aromatic carbocycles. The Morgan fingerprint density at radius 3 is 2.59 bits per heavy atom. The first-order chi connectivity index (χ1) is 10.5. The number of anilines is 1. The lowest BCUT2D eigenvalue weighted by atomic mass is 9.98.